The topological polar surface area (TPSA) is 84.7 Å². The van der Waals surface area contributed by atoms with Gasteiger partial charge in [-0.1, -0.05) is 58.2 Å². The summed E-state index contributed by atoms with van der Waals surface area (Å²) >= 11 is 18.4. The minimum Gasteiger partial charge on any atom is -0.387 e. The average Bonchev–Trinajstić information content (AvgIpc) is 3.40. The maximum Gasteiger partial charge on any atom is 0.203 e. The Bertz CT molecular complexity index is 1610. The van der Waals surface area contributed by atoms with Crippen LogP contribution in [0.4, 0.5) is 4.39 Å². The van der Waals surface area contributed by atoms with Crippen molar-refractivity contribution in [3.05, 3.63) is 110 Å². The van der Waals surface area contributed by atoms with Crippen molar-refractivity contribution < 1.29 is 9.50 Å². The third-order valence-electron chi connectivity index (χ3n) is 5.88. The van der Waals surface area contributed by atoms with Gasteiger partial charge in [-0.3, -0.25) is 5.41 Å². The quantitative estimate of drug-likeness (QED) is 0.285. The van der Waals surface area contributed by atoms with E-state index >= 15 is 0 Å². The Morgan fingerprint density at radius 1 is 0.889 bits per heavy atom. The highest BCUT2D eigenvalue weighted by Crippen LogP contribution is 2.27. The van der Waals surface area contributed by atoms with E-state index in [-0.39, 0.29) is 24.5 Å². The summed E-state index contributed by atoms with van der Waals surface area (Å²) < 4.78 is 18.3. The molecule has 0 saturated carbocycles. The fourth-order valence-electron chi connectivity index (χ4n) is 4.08. The van der Waals surface area contributed by atoms with Crippen molar-refractivity contribution in [1.29, 1.82) is 5.41 Å². The van der Waals surface area contributed by atoms with Crippen LogP contribution in [0.3, 0.4) is 0 Å². The van der Waals surface area contributed by atoms with Crippen LogP contribution in [0, 0.1) is 11.2 Å². The largest absolute Gasteiger partial charge is 0.387 e. The van der Waals surface area contributed by atoms with E-state index in [1.165, 1.54) is 12.1 Å². The third kappa shape index (κ3) is 5.03. The lowest BCUT2D eigenvalue weighted by molar-refractivity contribution is 0.155. The van der Waals surface area contributed by atoms with E-state index in [9.17, 15) is 9.50 Å². The van der Waals surface area contributed by atoms with Gasteiger partial charge in [0.1, 0.15) is 11.5 Å². The van der Waals surface area contributed by atoms with Crippen LogP contribution in [0.15, 0.2) is 66.9 Å². The van der Waals surface area contributed by atoms with Crippen molar-refractivity contribution in [3.63, 3.8) is 0 Å². The van der Waals surface area contributed by atoms with Gasteiger partial charge >= 0.3 is 0 Å². The summed E-state index contributed by atoms with van der Waals surface area (Å²) in [5.74, 6) is -0.295. The smallest absolute Gasteiger partial charge is 0.203 e. The molecular formula is C25H20Cl3FN6O. The second-order valence-electron chi connectivity index (χ2n) is 8.38. The summed E-state index contributed by atoms with van der Waals surface area (Å²) in [6.45, 7) is 0.837. The number of rotatable bonds is 7. The van der Waals surface area contributed by atoms with Crippen LogP contribution in [-0.4, -0.2) is 29.2 Å². The fraction of sp³-hybridized carbons (Fsp3) is 0.160. The van der Waals surface area contributed by atoms with Crippen molar-refractivity contribution in [1.82, 2.24) is 24.1 Å². The van der Waals surface area contributed by atoms with Gasteiger partial charge < -0.3 is 14.2 Å². The number of nitrogens with zero attached hydrogens (tertiary/aromatic N) is 5. The molecule has 1 atom stereocenters. The zero-order chi connectivity index (χ0) is 25.4. The van der Waals surface area contributed by atoms with Crippen molar-refractivity contribution >= 4 is 45.8 Å². The van der Waals surface area contributed by atoms with Crippen LogP contribution in [0.1, 0.15) is 22.9 Å². The number of aliphatic hydroxyl groups excluding tert-OH is 1. The Labute approximate surface area is 220 Å². The van der Waals surface area contributed by atoms with Crippen LogP contribution in [-0.2, 0) is 19.6 Å². The number of aromatic nitrogens is 5. The summed E-state index contributed by atoms with van der Waals surface area (Å²) in [7, 11) is 0. The molecule has 0 saturated heterocycles. The monoisotopic (exact) mass is 544 g/mol. The molecule has 2 aromatic heterocycles. The second-order valence-corrected chi connectivity index (χ2v) is 9.63. The van der Waals surface area contributed by atoms with Gasteiger partial charge in [0.2, 0.25) is 5.62 Å². The molecule has 2 heterocycles. The number of benzene rings is 3. The van der Waals surface area contributed by atoms with E-state index in [4.69, 9.17) is 40.2 Å². The molecule has 36 heavy (non-hydrogen) atoms. The van der Waals surface area contributed by atoms with Gasteiger partial charge in [0.05, 0.1) is 53.0 Å². The standard InChI is InChI=1S/C25H20Cl3FN6O/c26-17-4-8-22-23(10-17)34(13-19-12-33(32-31-19)11-15-1-5-18(29)6-2-15)25(30)35(22)14-24(36)16-3-7-20(27)21(28)9-16/h1-10,12,24,30,36H,11,13-14H2. The molecule has 3 aromatic carbocycles. The minimum atomic E-state index is -0.917. The minimum absolute atomic E-state index is 0.124. The van der Waals surface area contributed by atoms with Crippen LogP contribution in [0.25, 0.3) is 11.0 Å². The molecule has 5 aromatic rings. The number of aliphatic hydroxyl groups is 1. The highest BCUT2D eigenvalue weighted by atomic mass is 35.5. The summed E-state index contributed by atoms with van der Waals surface area (Å²) in [5.41, 5.74) is 3.75. The summed E-state index contributed by atoms with van der Waals surface area (Å²) in [4.78, 5) is 0. The van der Waals surface area contributed by atoms with Crippen LogP contribution >= 0.6 is 34.8 Å². The van der Waals surface area contributed by atoms with Crippen LogP contribution in [0.5, 0.6) is 0 Å². The molecule has 184 valence electrons. The van der Waals surface area contributed by atoms with E-state index in [1.54, 1.807) is 62.5 Å². The SMILES string of the molecule is N=c1n(Cc2cn(Cc3ccc(F)cc3)nn2)c2cc(Cl)ccc2n1CC(O)c1ccc(Cl)c(Cl)c1. The van der Waals surface area contributed by atoms with Crippen molar-refractivity contribution in [2.24, 2.45) is 0 Å². The third-order valence-corrected chi connectivity index (χ3v) is 6.85. The molecular weight excluding hydrogens is 526 g/mol. The maximum absolute atomic E-state index is 13.2. The number of hydrogen-bond donors (Lipinski definition) is 2. The van der Waals surface area contributed by atoms with Crippen molar-refractivity contribution in [3.8, 4) is 0 Å². The van der Waals surface area contributed by atoms with E-state index < -0.39 is 6.10 Å². The molecule has 0 aliphatic heterocycles. The predicted octanol–water partition coefficient (Wildman–Crippen LogP) is 5.44. The number of imidazole rings is 1. The Hall–Kier alpha value is -3.17. The van der Waals surface area contributed by atoms with Crippen LogP contribution in [0.2, 0.25) is 15.1 Å². The van der Waals surface area contributed by atoms with Gasteiger partial charge in [-0.2, -0.15) is 0 Å². The highest BCUT2D eigenvalue weighted by Gasteiger charge is 2.17. The number of halogens is 4. The molecule has 11 heteroatoms. The summed E-state index contributed by atoms with van der Waals surface area (Å²) in [6, 6.07) is 16.5. The first-order valence-corrected chi connectivity index (χ1v) is 12.1. The molecule has 0 radical (unpaired) electrons. The second kappa shape index (κ2) is 10.1. The van der Waals surface area contributed by atoms with E-state index in [1.807, 2.05) is 6.07 Å². The summed E-state index contributed by atoms with van der Waals surface area (Å²) in [6.07, 6.45) is 0.869. The lowest BCUT2D eigenvalue weighted by Crippen LogP contribution is -2.27. The number of hydrogen-bond acceptors (Lipinski definition) is 4. The molecule has 0 aliphatic carbocycles. The molecule has 7 nitrogen and oxygen atoms in total. The predicted molar refractivity (Wildman–Crippen MR) is 137 cm³/mol. The molecule has 2 N–H and O–H groups in total. The molecule has 0 spiro atoms. The molecule has 0 amide bonds. The highest BCUT2D eigenvalue weighted by molar-refractivity contribution is 6.42. The van der Waals surface area contributed by atoms with Crippen molar-refractivity contribution in [2.75, 3.05) is 0 Å². The maximum atomic E-state index is 13.2. The Kier molecular flexibility index (Phi) is 6.85. The van der Waals surface area contributed by atoms with E-state index in [2.05, 4.69) is 10.3 Å². The Morgan fingerprint density at radius 3 is 2.42 bits per heavy atom. The first kappa shape index (κ1) is 24.5. The lowest BCUT2D eigenvalue weighted by atomic mass is 10.1. The average molecular weight is 546 g/mol. The van der Waals surface area contributed by atoms with Crippen LogP contribution < -0.4 is 5.62 Å². The van der Waals surface area contributed by atoms with E-state index in [0.29, 0.717) is 32.9 Å². The first-order chi connectivity index (χ1) is 17.3. The number of nitrogens with one attached hydrogen (secondary N) is 1. The number of fused-ring (bicyclic) bond motifs is 1. The van der Waals surface area contributed by atoms with Gasteiger partial charge in [-0.25, -0.2) is 9.07 Å². The van der Waals surface area contributed by atoms with Gasteiger partial charge in [0.25, 0.3) is 0 Å². The van der Waals surface area contributed by atoms with Gasteiger partial charge in [0, 0.05) is 5.02 Å². The zero-order valence-corrected chi connectivity index (χ0v) is 21.0. The Balaban J connectivity index is 1.45. The Morgan fingerprint density at radius 2 is 1.67 bits per heavy atom. The fourth-order valence-corrected chi connectivity index (χ4v) is 4.56. The molecule has 0 aliphatic rings. The van der Waals surface area contributed by atoms with Crippen molar-refractivity contribution in [2.45, 2.75) is 25.7 Å². The van der Waals surface area contributed by atoms with Gasteiger partial charge in [-0.15, -0.1) is 5.10 Å². The van der Waals surface area contributed by atoms with Gasteiger partial charge in [0.15, 0.2) is 0 Å². The van der Waals surface area contributed by atoms with E-state index in [0.717, 1.165) is 16.6 Å². The van der Waals surface area contributed by atoms with Gasteiger partial charge in [-0.05, 0) is 53.6 Å². The normalized spacial score (nSPS) is 12.4. The lowest BCUT2D eigenvalue weighted by Gasteiger charge is -2.13. The molecule has 1 unspecified atom stereocenters. The first-order valence-electron chi connectivity index (χ1n) is 11.0. The molecule has 0 bridgehead atoms. The summed E-state index contributed by atoms with van der Waals surface area (Å²) in [5, 5.41) is 29.5. The molecule has 0 fully saturated rings. The molecule has 5 rings (SSSR count). The zero-order valence-electron chi connectivity index (χ0n) is 18.7.